The smallest absolute Gasteiger partial charge is 0.246 e. The van der Waals surface area contributed by atoms with Gasteiger partial charge in [0, 0.05) is 106 Å². The molecule has 3 aliphatic rings. The Morgan fingerprint density at radius 3 is 2.26 bits per heavy atom. The second-order valence-corrected chi connectivity index (χ2v) is 22.1. The predicted molar refractivity (Wildman–Crippen MR) is 272 cm³/mol. The summed E-state index contributed by atoms with van der Waals surface area (Å²) < 4.78 is 59.3. The lowest BCUT2D eigenvalue weighted by atomic mass is 9.85. The van der Waals surface area contributed by atoms with Crippen LogP contribution in [0.15, 0.2) is 66.2 Å². The number of thiazole rings is 1. The van der Waals surface area contributed by atoms with Crippen molar-refractivity contribution < 1.29 is 42.1 Å². The lowest BCUT2D eigenvalue weighted by molar-refractivity contribution is -0.144. The molecular weight excluding hydrogens is 946 g/mol. The minimum absolute atomic E-state index is 0.00511. The third-order valence-electron chi connectivity index (χ3n) is 14.0. The van der Waals surface area contributed by atoms with Gasteiger partial charge < -0.3 is 35.1 Å². The Morgan fingerprint density at radius 1 is 0.958 bits per heavy atom. The highest BCUT2D eigenvalue weighted by Gasteiger charge is 2.45. The Labute approximate surface area is 424 Å². The third-order valence-corrected chi connectivity index (χ3v) is 15.0. The van der Waals surface area contributed by atoms with E-state index in [1.54, 1.807) is 11.3 Å². The van der Waals surface area contributed by atoms with Gasteiger partial charge in [-0.15, -0.1) is 11.3 Å². The quantitative estimate of drug-likeness (QED) is 0.0691. The van der Waals surface area contributed by atoms with Crippen LogP contribution in [0.3, 0.4) is 0 Å². The monoisotopic (exact) mass is 1010 g/mol. The molecule has 18 heteroatoms. The molecule has 5 heterocycles. The zero-order valence-electron chi connectivity index (χ0n) is 42.4. The number of aryl methyl sites for hydroxylation is 1. The zero-order valence-corrected chi connectivity index (χ0v) is 43.2. The van der Waals surface area contributed by atoms with E-state index >= 15 is 13.2 Å². The van der Waals surface area contributed by atoms with Crippen LogP contribution in [-0.2, 0) is 32.1 Å². The van der Waals surface area contributed by atoms with Gasteiger partial charge in [0.25, 0.3) is 0 Å². The van der Waals surface area contributed by atoms with Gasteiger partial charge in [-0.2, -0.15) is 0 Å². The second-order valence-electron chi connectivity index (χ2n) is 21.2. The van der Waals surface area contributed by atoms with Crippen molar-refractivity contribution in [1.29, 1.82) is 0 Å². The van der Waals surface area contributed by atoms with Crippen molar-refractivity contribution in [2.24, 2.45) is 5.41 Å². The average molecular weight is 1020 g/mol. The summed E-state index contributed by atoms with van der Waals surface area (Å²) >= 11 is 1.57. The Bertz CT molecular complexity index is 2670. The molecule has 72 heavy (non-hydrogen) atoms. The average Bonchev–Trinajstić information content (AvgIpc) is 4.05. The van der Waals surface area contributed by atoms with Crippen molar-refractivity contribution in [3.05, 3.63) is 106 Å². The lowest BCUT2D eigenvalue weighted by Crippen LogP contribution is -2.58. The highest BCUT2D eigenvalue weighted by atomic mass is 32.1. The van der Waals surface area contributed by atoms with Gasteiger partial charge in [-0.3, -0.25) is 29.1 Å². The fourth-order valence-electron chi connectivity index (χ4n) is 10.3. The van der Waals surface area contributed by atoms with Crippen LogP contribution in [0.5, 0.6) is 5.75 Å². The van der Waals surface area contributed by atoms with E-state index in [1.807, 2.05) is 93.6 Å². The molecule has 14 nitrogen and oxygen atoms in total. The Balaban J connectivity index is 0.767. The summed E-state index contributed by atoms with van der Waals surface area (Å²) in [5.74, 6) is -2.70. The van der Waals surface area contributed by atoms with Crippen molar-refractivity contribution >= 4 is 40.0 Å². The summed E-state index contributed by atoms with van der Waals surface area (Å²) in [7, 11) is 0. The summed E-state index contributed by atoms with van der Waals surface area (Å²) in [6, 6.07) is 15.2. The van der Waals surface area contributed by atoms with Crippen LogP contribution >= 0.6 is 11.3 Å². The summed E-state index contributed by atoms with van der Waals surface area (Å²) in [6.45, 7) is 17.0. The number of nitrogens with zero attached hydrogens (tertiary/aromatic N) is 5. The fourth-order valence-corrected chi connectivity index (χ4v) is 11.1. The van der Waals surface area contributed by atoms with E-state index in [0.29, 0.717) is 25.2 Å². The Hall–Kier alpha value is -5.37. The molecule has 4 N–H and O–H groups in total. The molecule has 0 aliphatic carbocycles. The number of aromatic amines is 1. The minimum Gasteiger partial charge on any atom is -0.492 e. The van der Waals surface area contributed by atoms with Gasteiger partial charge in [-0.25, -0.2) is 18.2 Å². The van der Waals surface area contributed by atoms with Crippen molar-refractivity contribution in [3.8, 4) is 16.2 Å². The van der Waals surface area contributed by atoms with Gasteiger partial charge >= 0.3 is 0 Å². The summed E-state index contributed by atoms with van der Waals surface area (Å²) in [6.07, 6.45) is -0.177. The molecule has 3 aromatic carbocycles. The SMILES string of the molecule is Cc1ncsc1-c1ccc(CNC(=O)[C@@H]2C[C@@H](O)CN2C(=O)[C@@H](NC(=O)COCCN2CCN(CCOc3cc(F)c(C4c5[nH]c6ccccc6c5C[C@@H](C)N4CC(C)(C)F)c(F)c3)CC2)C(C)(C)C)cc1. The number of nitrogens with one attached hydrogen (secondary N) is 3. The molecular formula is C54H69F3N8O6S. The van der Waals surface area contributed by atoms with Gasteiger partial charge in [0.05, 0.1) is 34.8 Å². The maximum absolute atomic E-state index is 16.2. The van der Waals surface area contributed by atoms with Gasteiger partial charge in [0.2, 0.25) is 17.7 Å². The number of aliphatic hydroxyl groups is 1. The standard InChI is InChI=1S/C54H69F3N8O6S/c1-33-24-40-39-10-8-9-11-43(39)60-47(40)48(65(33)31-54(6,7)57)46-41(55)26-38(27-42(46)56)71-23-21-63-18-16-62(17-19-63)20-22-70-30-45(67)61-50(53(3,4)5)52(69)64-29-37(66)25-44(64)51(68)58-28-35-12-14-36(15-13-35)49-34(2)59-32-72-49/h8-15,26-27,32-33,37,44,48,50,60,66H,16-25,28-31H2,1-7H3,(H,58,68)(H,61,67)/t33-,37-,44+,48?,50-/m1/s1. The number of ether oxygens (including phenoxy) is 2. The predicted octanol–water partition coefficient (Wildman–Crippen LogP) is 6.78. The van der Waals surface area contributed by atoms with Crippen LogP contribution in [0.2, 0.25) is 0 Å². The first kappa shape index (κ1) is 52.9. The van der Waals surface area contributed by atoms with E-state index in [2.05, 4.69) is 30.4 Å². The second kappa shape index (κ2) is 22.4. The molecule has 0 spiro atoms. The number of carbonyl (C=O) groups is 3. The molecule has 1 unspecified atom stereocenters. The van der Waals surface area contributed by atoms with Crippen molar-refractivity contribution in [3.63, 3.8) is 0 Å². The molecule has 5 aromatic rings. The number of amides is 3. The van der Waals surface area contributed by atoms with Crippen LogP contribution in [-0.4, -0.2) is 154 Å². The molecule has 0 saturated carbocycles. The number of likely N-dealkylation sites (tertiary alicyclic amines) is 1. The maximum atomic E-state index is 16.2. The zero-order chi connectivity index (χ0) is 51.5. The summed E-state index contributed by atoms with van der Waals surface area (Å²) in [5, 5.41) is 17.4. The number of rotatable bonds is 18. The number of para-hydroxylation sites is 1. The fraction of sp³-hybridized carbons (Fsp3) is 0.519. The number of carbonyl (C=O) groups excluding carboxylic acids is 3. The molecule has 2 saturated heterocycles. The first-order valence-corrected chi connectivity index (χ1v) is 25.9. The van der Waals surface area contributed by atoms with E-state index in [4.69, 9.17) is 9.47 Å². The highest BCUT2D eigenvalue weighted by molar-refractivity contribution is 7.13. The molecule has 8 rings (SSSR count). The number of H-pyrrole nitrogens is 1. The third kappa shape index (κ3) is 12.5. The van der Waals surface area contributed by atoms with E-state index in [-0.39, 0.29) is 69.1 Å². The summed E-state index contributed by atoms with van der Waals surface area (Å²) in [5.41, 5.74) is 4.79. The normalized spacial score (nSPS) is 20.7. The number of halogens is 3. The molecule has 0 bridgehead atoms. The van der Waals surface area contributed by atoms with E-state index in [1.165, 1.54) is 30.9 Å². The van der Waals surface area contributed by atoms with Gasteiger partial charge in [0.15, 0.2) is 0 Å². The summed E-state index contributed by atoms with van der Waals surface area (Å²) in [4.78, 5) is 57.2. The van der Waals surface area contributed by atoms with Crippen molar-refractivity contribution in [2.75, 3.05) is 72.2 Å². The molecule has 2 aromatic heterocycles. The first-order chi connectivity index (χ1) is 34.2. The molecule has 3 amide bonds. The number of alkyl halides is 1. The number of fused-ring (bicyclic) bond motifs is 3. The van der Waals surface area contributed by atoms with Crippen LogP contribution in [0.1, 0.15) is 82.1 Å². The van der Waals surface area contributed by atoms with Crippen molar-refractivity contribution in [1.82, 2.24) is 40.2 Å². The molecule has 388 valence electrons. The van der Waals surface area contributed by atoms with Gasteiger partial charge in [0.1, 0.15) is 48.4 Å². The van der Waals surface area contributed by atoms with Crippen LogP contribution < -0.4 is 15.4 Å². The van der Waals surface area contributed by atoms with E-state index in [0.717, 1.165) is 64.3 Å². The number of benzene rings is 3. The Kier molecular flexibility index (Phi) is 16.5. The number of piperazine rings is 1. The minimum atomic E-state index is -1.60. The molecule has 3 aliphatic heterocycles. The first-order valence-electron chi connectivity index (χ1n) is 25.0. The Morgan fingerprint density at radius 2 is 1.62 bits per heavy atom. The topological polar surface area (TPSA) is 156 Å². The van der Waals surface area contributed by atoms with Gasteiger partial charge in [-0.05, 0) is 62.3 Å². The number of hydrogen-bond donors (Lipinski definition) is 4. The van der Waals surface area contributed by atoms with Gasteiger partial charge in [-0.1, -0.05) is 63.2 Å². The number of aliphatic hydroxyl groups excluding tert-OH is 1. The highest BCUT2D eigenvalue weighted by Crippen LogP contribution is 2.44. The number of aromatic nitrogens is 2. The molecule has 5 atom stereocenters. The van der Waals surface area contributed by atoms with E-state index in [9.17, 15) is 19.5 Å². The number of hydrogen-bond acceptors (Lipinski definition) is 11. The maximum Gasteiger partial charge on any atom is 0.246 e. The number of β-amino-alcohol motifs (C(OH)–C–C–N with tert-alkyl or cyclic N) is 1. The largest absolute Gasteiger partial charge is 0.492 e. The van der Waals surface area contributed by atoms with Crippen LogP contribution in [0, 0.1) is 24.0 Å². The molecule has 2 fully saturated rings. The van der Waals surface area contributed by atoms with Crippen LogP contribution in [0.4, 0.5) is 13.2 Å². The van der Waals surface area contributed by atoms with Crippen LogP contribution in [0.25, 0.3) is 21.3 Å². The van der Waals surface area contributed by atoms with E-state index < -0.39 is 58.8 Å². The lowest BCUT2D eigenvalue weighted by Gasteiger charge is -2.43. The van der Waals surface area contributed by atoms with Crippen molar-refractivity contribution in [2.45, 2.75) is 104 Å². The molecule has 0 radical (unpaired) electrons.